The molecule has 0 aromatic carbocycles. The van der Waals surface area contributed by atoms with Gasteiger partial charge in [0.25, 0.3) is 0 Å². The predicted octanol–water partition coefficient (Wildman–Crippen LogP) is 1.45. The Balaban J connectivity index is 2.00. The highest BCUT2D eigenvalue weighted by Gasteiger charge is 2.14. The fourth-order valence-corrected chi connectivity index (χ4v) is 2.10. The van der Waals surface area contributed by atoms with Crippen molar-refractivity contribution in [2.45, 2.75) is 19.3 Å². The maximum atomic E-state index is 10.7. The lowest BCUT2D eigenvalue weighted by Gasteiger charge is -2.03. The lowest BCUT2D eigenvalue weighted by molar-refractivity contribution is 0.0690. The predicted molar refractivity (Wildman–Crippen MR) is 60.3 cm³/mol. The topological polar surface area (TPSA) is 68.0 Å². The van der Waals surface area contributed by atoms with Crippen LogP contribution in [0.5, 0.6) is 0 Å². The SMILES string of the molecule is O=C(O)c1ccn(-c2ccc3c(n2)CCC3)n1. The zero-order chi connectivity index (χ0) is 11.8. The van der Waals surface area contributed by atoms with Gasteiger partial charge in [0, 0.05) is 11.9 Å². The summed E-state index contributed by atoms with van der Waals surface area (Å²) in [5.41, 5.74) is 2.43. The van der Waals surface area contributed by atoms with E-state index in [-0.39, 0.29) is 5.69 Å². The number of carboxylic acids is 1. The van der Waals surface area contributed by atoms with Gasteiger partial charge in [0.1, 0.15) is 0 Å². The van der Waals surface area contributed by atoms with E-state index in [0.717, 1.165) is 25.0 Å². The van der Waals surface area contributed by atoms with Crippen molar-refractivity contribution in [1.82, 2.24) is 14.8 Å². The van der Waals surface area contributed by atoms with Gasteiger partial charge >= 0.3 is 5.97 Å². The molecule has 1 N–H and O–H groups in total. The minimum atomic E-state index is -1.02. The summed E-state index contributed by atoms with van der Waals surface area (Å²) in [6.45, 7) is 0. The highest BCUT2D eigenvalue weighted by Crippen LogP contribution is 2.21. The zero-order valence-electron chi connectivity index (χ0n) is 9.13. The third-order valence-electron chi connectivity index (χ3n) is 2.96. The molecule has 0 unspecified atom stereocenters. The molecule has 1 aliphatic rings. The molecule has 0 fully saturated rings. The highest BCUT2D eigenvalue weighted by molar-refractivity contribution is 5.85. The number of fused-ring (bicyclic) bond motifs is 1. The number of carboxylic acid groups (broad SMARTS) is 1. The van der Waals surface area contributed by atoms with Crippen LogP contribution in [0.4, 0.5) is 0 Å². The molecule has 0 aliphatic heterocycles. The number of nitrogens with zero attached hydrogens (tertiary/aromatic N) is 3. The van der Waals surface area contributed by atoms with Crippen LogP contribution in [-0.4, -0.2) is 25.8 Å². The van der Waals surface area contributed by atoms with Crippen LogP contribution in [0.15, 0.2) is 24.4 Å². The first-order chi connectivity index (χ1) is 8.24. The molecular formula is C12H11N3O2. The Kier molecular flexibility index (Phi) is 2.18. The van der Waals surface area contributed by atoms with Gasteiger partial charge in [-0.3, -0.25) is 0 Å². The van der Waals surface area contributed by atoms with E-state index < -0.39 is 5.97 Å². The fraction of sp³-hybridized carbons (Fsp3) is 0.250. The van der Waals surface area contributed by atoms with E-state index in [2.05, 4.69) is 10.1 Å². The van der Waals surface area contributed by atoms with E-state index in [1.54, 1.807) is 6.20 Å². The van der Waals surface area contributed by atoms with Crippen molar-refractivity contribution in [3.8, 4) is 5.82 Å². The Morgan fingerprint density at radius 2 is 2.18 bits per heavy atom. The summed E-state index contributed by atoms with van der Waals surface area (Å²) >= 11 is 0. The second kappa shape index (κ2) is 3.69. The molecule has 0 amide bonds. The average Bonchev–Trinajstić information content (AvgIpc) is 2.97. The molecule has 0 spiro atoms. The van der Waals surface area contributed by atoms with Crippen LogP contribution in [-0.2, 0) is 12.8 Å². The Hall–Kier alpha value is -2.17. The number of hydrogen-bond donors (Lipinski definition) is 1. The van der Waals surface area contributed by atoms with E-state index >= 15 is 0 Å². The van der Waals surface area contributed by atoms with E-state index in [9.17, 15) is 4.79 Å². The third kappa shape index (κ3) is 1.69. The van der Waals surface area contributed by atoms with Crippen LogP contribution in [0, 0.1) is 0 Å². The number of rotatable bonds is 2. The smallest absolute Gasteiger partial charge is 0.356 e. The largest absolute Gasteiger partial charge is 0.476 e. The van der Waals surface area contributed by atoms with Crippen molar-refractivity contribution in [3.63, 3.8) is 0 Å². The molecular weight excluding hydrogens is 218 g/mol. The molecule has 0 bridgehead atoms. The Labute approximate surface area is 97.7 Å². The summed E-state index contributed by atoms with van der Waals surface area (Å²) in [5.74, 6) is -0.344. The van der Waals surface area contributed by atoms with Crippen molar-refractivity contribution in [1.29, 1.82) is 0 Å². The number of pyridine rings is 1. The monoisotopic (exact) mass is 229 g/mol. The summed E-state index contributed by atoms with van der Waals surface area (Å²) in [6, 6.07) is 5.40. The number of aromatic carboxylic acids is 1. The van der Waals surface area contributed by atoms with Crippen LogP contribution in [0.25, 0.3) is 5.82 Å². The average molecular weight is 229 g/mol. The minimum Gasteiger partial charge on any atom is -0.476 e. The van der Waals surface area contributed by atoms with Crippen LogP contribution in [0.2, 0.25) is 0 Å². The first kappa shape index (κ1) is 10.0. The van der Waals surface area contributed by atoms with Crippen molar-refractivity contribution < 1.29 is 9.90 Å². The Morgan fingerprint density at radius 1 is 1.29 bits per heavy atom. The van der Waals surface area contributed by atoms with Crippen molar-refractivity contribution >= 4 is 5.97 Å². The van der Waals surface area contributed by atoms with Gasteiger partial charge in [-0.1, -0.05) is 6.07 Å². The van der Waals surface area contributed by atoms with Gasteiger partial charge in [0.05, 0.1) is 0 Å². The summed E-state index contributed by atoms with van der Waals surface area (Å²) in [5, 5.41) is 12.8. The van der Waals surface area contributed by atoms with Gasteiger partial charge in [-0.25, -0.2) is 14.5 Å². The molecule has 5 nitrogen and oxygen atoms in total. The second-order valence-electron chi connectivity index (χ2n) is 4.08. The van der Waals surface area contributed by atoms with Gasteiger partial charge in [0.2, 0.25) is 0 Å². The molecule has 5 heteroatoms. The minimum absolute atomic E-state index is 0.0345. The molecule has 0 saturated heterocycles. The molecule has 2 aromatic heterocycles. The number of carbonyl (C=O) groups is 1. The summed E-state index contributed by atoms with van der Waals surface area (Å²) < 4.78 is 1.50. The lowest BCUT2D eigenvalue weighted by atomic mass is 10.2. The van der Waals surface area contributed by atoms with E-state index in [1.807, 2.05) is 12.1 Å². The van der Waals surface area contributed by atoms with Crippen molar-refractivity contribution in [2.24, 2.45) is 0 Å². The lowest BCUT2D eigenvalue weighted by Crippen LogP contribution is -2.03. The maximum absolute atomic E-state index is 10.7. The van der Waals surface area contributed by atoms with Crippen LogP contribution < -0.4 is 0 Å². The van der Waals surface area contributed by atoms with E-state index in [0.29, 0.717) is 5.82 Å². The highest BCUT2D eigenvalue weighted by atomic mass is 16.4. The molecule has 3 rings (SSSR count). The van der Waals surface area contributed by atoms with Crippen molar-refractivity contribution in [3.05, 3.63) is 41.3 Å². The van der Waals surface area contributed by atoms with Crippen molar-refractivity contribution in [2.75, 3.05) is 0 Å². The number of hydrogen-bond acceptors (Lipinski definition) is 3. The first-order valence-corrected chi connectivity index (χ1v) is 5.52. The zero-order valence-corrected chi connectivity index (χ0v) is 9.13. The van der Waals surface area contributed by atoms with Gasteiger partial charge in [-0.15, -0.1) is 0 Å². The molecule has 2 heterocycles. The maximum Gasteiger partial charge on any atom is 0.356 e. The fourth-order valence-electron chi connectivity index (χ4n) is 2.10. The standard InChI is InChI=1S/C12H11N3O2/c16-12(17)10-6-7-15(14-10)11-5-4-8-2-1-3-9(8)13-11/h4-7H,1-3H2,(H,16,17). The first-order valence-electron chi connectivity index (χ1n) is 5.52. The summed E-state index contributed by atoms with van der Waals surface area (Å²) in [7, 11) is 0. The molecule has 2 aromatic rings. The molecule has 17 heavy (non-hydrogen) atoms. The second-order valence-corrected chi connectivity index (χ2v) is 4.08. The van der Waals surface area contributed by atoms with E-state index in [4.69, 9.17) is 5.11 Å². The van der Waals surface area contributed by atoms with Crippen LogP contribution in [0.3, 0.4) is 0 Å². The summed E-state index contributed by atoms with van der Waals surface area (Å²) in [6.07, 6.45) is 4.84. The van der Waals surface area contributed by atoms with E-state index in [1.165, 1.54) is 16.3 Å². The third-order valence-corrected chi connectivity index (χ3v) is 2.96. The number of aromatic nitrogens is 3. The molecule has 86 valence electrons. The van der Waals surface area contributed by atoms with Gasteiger partial charge in [-0.2, -0.15) is 5.10 Å². The molecule has 0 saturated carbocycles. The molecule has 0 atom stereocenters. The van der Waals surface area contributed by atoms with Crippen LogP contribution in [0.1, 0.15) is 28.2 Å². The Morgan fingerprint density at radius 3 is 2.94 bits per heavy atom. The van der Waals surface area contributed by atoms with Gasteiger partial charge < -0.3 is 5.11 Å². The number of aryl methyl sites for hydroxylation is 2. The van der Waals surface area contributed by atoms with Gasteiger partial charge in [0.15, 0.2) is 11.5 Å². The summed E-state index contributed by atoms with van der Waals surface area (Å²) in [4.78, 5) is 15.2. The molecule has 1 aliphatic carbocycles. The quantitative estimate of drug-likeness (QED) is 0.846. The normalized spacial score (nSPS) is 13.6. The Bertz CT molecular complexity index is 589. The molecule has 0 radical (unpaired) electrons. The van der Waals surface area contributed by atoms with Gasteiger partial charge in [-0.05, 0) is 37.0 Å². The van der Waals surface area contributed by atoms with Crippen LogP contribution >= 0.6 is 0 Å².